The molecule has 6 nitrogen and oxygen atoms in total. The molecular formula is C20H25N3O3S. The summed E-state index contributed by atoms with van der Waals surface area (Å²) in [6.45, 7) is 1.39. The SMILES string of the molecule is COCCN1C(=O)C2C=CC(C(=O)NCCC3=CCCCC3)=CC2=NC1=S. The van der Waals surface area contributed by atoms with Crippen LogP contribution >= 0.6 is 12.2 Å². The molecule has 1 atom stereocenters. The Hall–Kier alpha value is -2.12. The highest BCUT2D eigenvalue weighted by atomic mass is 32.1. The topological polar surface area (TPSA) is 71.0 Å². The molecule has 0 aromatic heterocycles. The summed E-state index contributed by atoms with van der Waals surface area (Å²) in [4.78, 5) is 30.9. The molecule has 3 aliphatic rings. The first kappa shape index (κ1) is 19.6. The van der Waals surface area contributed by atoms with Crippen LogP contribution in [0.1, 0.15) is 32.1 Å². The monoisotopic (exact) mass is 387 g/mol. The molecule has 0 aromatic rings. The van der Waals surface area contributed by atoms with Crippen LogP contribution in [0.3, 0.4) is 0 Å². The van der Waals surface area contributed by atoms with Crippen molar-refractivity contribution >= 4 is 34.9 Å². The number of hydrogen-bond acceptors (Lipinski definition) is 4. The van der Waals surface area contributed by atoms with E-state index >= 15 is 0 Å². The van der Waals surface area contributed by atoms with Crippen molar-refractivity contribution in [2.24, 2.45) is 10.9 Å². The number of aliphatic imine (C=N–C) groups is 1. The maximum absolute atomic E-state index is 12.6. The lowest BCUT2D eigenvalue weighted by Gasteiger charge is -2.30. The van der Waals surface area contributed by atoms with Crippen molar-refractivity contribution < 1.29 is 14.3 Å². The van der Waals surface area contributed by atoms with Gasteiger partial charge in [-0.2, -0.15) is 0 Å². The number of amides is 2. The zero-order chi connectivity index (χ0) is 19.2. The summed E-state index contributed by atoms with van der Waals surface area (Å²) in [6, 6.07) is 0. The second kappa shape index (κ2) is 9.19. The number of methoxy groups -OCH3 is 1. The van der Waals surface area contributed by atoms with Gasteiger partial charge in [-0.1, -0.05) is 23.8 Å². The second-order valence-corrected chi connectivity index (χ2v) is 7.22. The summed E-state index contributed by atoms with van der Waals surface area (Å²) in [5.74, 6) is -0.764. The van der Waals surface area contributed by atoms with Gasteiger partial charge in [0.25, 0.3) is 5.91 Å². The summed E-state index contributed by atoms with van der Waals surface area (Å²) in [7, 11) is 1.57. The van der Waals surface area contributed by atoms with Gasteiger partial charge in [-0.3, -0.25) is 14.5 Å². The van der Waals surface area contributed by atoms with Crippen molar-refractivity contribution in [3.8, 4) is 0 Å². The van der Waals surface area contributed by atoms with Gasteiger partial charge in [-0.05, 0) is 50.4 Å². The van der Waals surface area contributed by atoms with E-state index in [2.05, 4.69) is 16.4 Å². The summed E-state index contributed by atoms with van der Waals surface area (Å²) in [5.41, 5.74) is 2.46. The molecule has 1 heterocycles. The molecule has 0 saturated heterocycles. The summed E-state index contributed by atoms with van der Waals surface area (Å²) >= 11 is 5.23. The minimum Gasteiger partial charge on any atom is -0.383 e. The number of ether oxygens (including phenoxy) is 1. The van der Waals surface area contributed by atoms with Crippen LogP contribution in [0.4, 0.5) is 0 Å². The summed E-state index contributed by atoms with van der Waals surface area (Å²) in [6.07, 6.45) is 13.1. The number of carbonyl (C=O) groups excluding carboxylic acids is 2. The van der Waals surface area contributed by atoms with Gasteiger partial charge in [0.15, 0.2) is 0 Å². The zero-order valence-electron chi connectivity index (χ0n) is 15.6. The Labute approximate surface area is 165 Å². The number of hydrogen-bond donors (Lipinski definition) is 1. The molecule has 1 aliphatic heterocycles. The van der Waals surface area contributed by atoms with Gasteiger partial charge in [0.05, 0.1) is 24.8 Å². The van der Waals surface area contributed by atoms with Gasteiger partial charge in [0.2, 0.25) is 11.0 Å². The molecule has 3 rings (SSSR count). The molecule has 2 amide bonds. The van der Waals surface area contributed by atoms with Crippen LogP contribution in [0.25, 0.3) is 0 Å². The molecule has 0 saturated carbocycles. The molecule has 2 aliphatic carbocycles. The minimum absolute atomic E-state index is 0.127. The van der Waals surface area contributed by atoms with Gasteiger partial charge >= 0.3 is 0 Å². The molecule has 1 unspecified atom stereocenters. The van der Waals surface area contributed by atoms with Gasteiger partial charge < -0.3 is 10.1 Å². The Kier molecular flexibility index (Phi) is 6.68. The van der Waals surface area contributed by atoms with Crippen molar-refractivity contribution in [1.82, 2.24) is 10.2 Å². The van der Waals surface area contributed by atoms with Crippen LogP contribution in [0.2, 0.25) is 0 Å². The van der Waals surface area contributed by atoms with Gasteiger partial charge in [0, 0.05) is 19.2 Å². The van der Waals surface area contributed by atoms with Crippen LogP contribution in [0.5, 0.6) is 0 Å². The van der Waals surface area contributed by atoms with Crippen molar-refractivity contribution in [2.45, 2.75) is 32.1 Å². The number of carbonyl (C=O) groups is 2. The van der Waals surface area contributed by atoms with E-state index in [0.717, 1.165) is 19.3 Å². The van der Waals surface area contributed by atoms with E-state index in [-0.39, 0.29) is 16.9 Å². The fourth-order valence-corrected chi connectivity index (χ4v) is 3.73. The highest BCUT2D eigenvalue weighted by Crippen LogP contribution is 2.23. The minimum atomic E-state index is -0.488. The van der Waals surface area contributed by atoms with Crippen LogP contribution in [-0.2, 0) is 14.3 Å². The molecule has 0 spiro atoms. The van der Waals surface area contributed by atoms with Crippen LogP contribution < -0.4 is 5.32 Å². The Bertz CT molecular complexity index is 752. The number of thiocarbonyl (C=S) groups is 1. The quantitative estimate of drug-likeness (QED) is 0.538. The Morgan fingerprint density at radius 3 is 3.04 bits per heavy atom. The predicted molar refractivity (Wildman–Crippen MR) is 109 cm³/mol. The van der Waals surface area contributed by atoms with E-state index in [1.165, 1.54) is 23.3 Å². The lowest BCUT2D eigenvalue weighted by Crippen LogP contribution is -2.47. The van der Waals surface area contributed by atoms with Gasteiger partial charge in [0.1, 0.15) is 0 Å². The average Bonchev–Trinajstić information content (AvgIpc) is 2.68. The number of nitrogens with one attached hydrogen (secondary N) is 1. The highest BCUT2D eigenvalue weighted by Gasteiger charge is 2.34. The molecule has 1 N–H and O–H groups in total. The first-order valence-corrected chi connectivity index (χ1v) is 9.80. The van der Waals surface area contributed by atoms with E-state index in [4.69, 9.17) is 17.0 Å². The van der Waals surface area contributed by atoms with E-state index in [0.29, 0.717) is 31.0 Å². The number of allylic oxidation sites excluding steroid dienone is 2. The molecule has 27 heavy (non-hydrogen) atoms. The molecule has 7 heteroatoms. The van der Waals surface area contributed by atoms with E-state index < -0.39 is 5.92 Å². The maximum Gasteiger partial charge on any atom is 0.251 e. The molecule has 0 fully saturated rings. The molecular weight excluding hydrogens is 362 g/mol. The van der Waals surface area contributed by atoms with Crippen molar-refractivity contribution in [2.75, 3.05) is 26.8 Å². The van der Waals surface area contributed by atoms with E-state index in [9.17, 15) is 9.59 Å². The second-order valence-electron chi connectivity index (χ2n) is 6.85. The molecule has 0 bridgehead atoms. The van der Waals surface area contributed by atoms with Crippen molar-refractivity contribution in [3.05, 3.63) is 35.5 Å². The Morgan fingerprint density at radius 2 is 2.30 bits per heavy atom. The van der Waals surface area contributed by atoms with E-state index in [1.54, 1.807) is 25.3 Å². The maximum atomic E-state index is 12.6. The Morgan fingerprint density at radius 1 is 1.44 bits per heavy atom. The van der Waals surface area contributed by atoms with Gasteiger partial charge in [-0.15, -0.1) is 0 Å². The first-order chi connectivity index (χ1) is 13.1. The van der Waals surface area contributed by atoms with Crippen molar-refractivity contribution in [3.63, 3.8) is 0 Å². The standard InChI is InChI=1S/C20H25N3O3S/c1-26-12-11-23-19(25)16-8-7-15(13-17(16)22-20(23)27)18(24)21-10-9-14-5-3-2-4-6-14/h5,7-8,13,16H,2-4,6,9-12H2,1H3,(H,21,24). The third kappa shape index (κ3) is 4.78. The predicted octanol–water partition coefficient (Wildman–Crippen LogP) is 2.32. The van der Waals surface area contributed by atoms with Crippen LogP contribution in [-0.4, -0.2) is 54.3 Å². The molecule has 0 aromatic carbocycles. The smallest absolute Gasteiger partial charge is 0.251 e. The van der Waals surface area contributed by atoms with Crippen molar-refractivity contribution in [1.29, 1.82) is 0 Å². The summed E-state index contributed by atoms with van der Waals surface area (Å²) in [5, 5.41) is 3.18. The lowest BCUT2D eigenvalue weighted by molar-refractivity contribution is -0.129. The number of fused-ring (bicyclic) bond motifs is 1. The normalized spacial score (nSPS) is 22.0. The molecule has 144 valence electrons. The van der Waals surface area contributed by atoms with Crippen LogP contribution in [0.15, 0.2) is 40.4 Å². The largest absolute Gasteiger partial charge is 0.383 e. The van der Waals surface area contributed by atoms with Gasteiger partial charge in [-0.25, -0.2) is 4.99 Å². The Balaban J connectivity index is 1.60. The third-order valence-electron chi connectivity index (χ3n) is 4.98. The summed E-state index contributed by atoms with van der Waals surface area (Å²) < 4.78 is 5.02. The highest BCUT2D eigenvalue weighted by molar-refractivity contribution is 7.80. The third-order valence-corrected chi connectivity index (χ3v) is 5.29. The first-order valence-electron chi connectivity index (χ1n) is 9.39. The number of rotatable bonds is 7. The average molecular weight is 388 g/mol. The fraction of sp³-hybridized carbons (Fsp3) is 0.500. The zero-order valence-corrected chi connectivity index (χ0v) is 16.4. The fourth-order valence-electron chi connectivity index (χ4n) is 3.44. The van der Waals surface area contributed by atoms with E-state index in [1.807, 2.05) is 0 Å². The lowest BCUT2D eigenvalue weighted by atomic mass is 9.91. The van der Waals surface area contributed by atoms with Crippen LogP contribution in [0, 0.1) is 5.92 Å². The molecule has 0 radical (unpaired) electrons. The number of nitrogens with zero attached hydrogens (tertiary/aromatic N) is 2.